The van der Waals surface area contributed by atoms with Gasteiger partial charge in [0, 0.05) is 0 Å². The first-order valence-electron chi connectivity index (χ1n) is 3.17. The Bertz CT molecular complexity index is 334. The molecule has 0 aliphatic rings. The smallest absolute Gasteiger partial charge is 0.212 e. The van der Waals surface area contributed by atoms with Gasteiger partial charge < -0.3 is 0 Å². The van der Waals surface area contributed by atoms with E-state index in [1.165, 1.54) is 0 Å². The molecular formula is C7H7ClO2S2. The molecule has 0 aliphatic carbocycles. The molecule has 0 saturated carbocycles. The lowest BCUT2D eigenvalue weighted by Gasteiger charge is -1.98. The van der Waals surface area contributed by atoms with Gasteiger partial charge in [0.25, 0.3) is 0 Å². The van der Waals surface area contributed by atoms with Crippen LogP contribution in [-0.4, -0.2) is 13.6 Å². The molecule has 0 fully saturated rings. The minimum absolute atomic E-state index is 0.0528. The third-order valence-electron chi connectivity index (χ3n) is 1.23. The second-order valence-corrected chi connectivity index (χ2v) is 6.51. The van der Waals surface area contributed by atoms with Crippen molar-refractivity contribution in [3.63, 3.8) is 0 Å². The van der Waals surface area contributed by atoms with Crippen LogP contribution in [-0.2, 0) is 8.87 Å². The Morgan fingerprint density at radius 2 is 1.83 bits per heavy atom. The Morgan fingerprint density at radius 3 is 2.33 bits per heavy atom. The highest BCUT2D eigenvalue weighted by Gasteiger charge is 2.12. The molecule has 0 saturated heterocycles. The Balaban J connectivity index is 2.99. The molecule has 66 valence electrons. The predicted molar refractivity (Wildman–Crippen MR) is 51.9 cm³/mol. The molecule has 1 rings (SSSR count). The van der Waals surface area contributed by atoms with Crippen molar-refractivity contribution in [2.45, 2.75) is 4.90 Å². The summed E-state index contributed by atoms with van der Waals surface area (Å²) in [6.07, 6.45) is 0. The Morgan fingerprint density at radius 1 is 1.25 bits per heavy atom. The van der Waals surface area contributed by atoms with Crippen molar-refractivity contribution < 1.29 is 8.42 Å². The fraction of sp³-hybridized carbons (Fsp3) is 0.143. The summed E-state index contributed by atoms with van der Waals surface area (Å²) in [5.74, 6) is 0. The largest absolute Gasteiger partial charge is 0.231 e. The molecule has 1 aromatic rings. The predicted octanol–water partition coefficient (Wildman–Crippen LogP) is 2.30. The first kappa shape index (κ1) is 9.89. The van der Waals surface area contributed by atoms with E-state index in [1.807, 2.05) is 0 Å². The van der Waals surface area contributed by atoms with E-state index in [0.717, 1.165) is 10.8 Å². The van der Waals surface area contributed by atoms with Crippen LogP contribution in [0.4, 0.5) is 0 Å². The summed E-state index contributed by atoms with van der Waals surface area (Å²) < 4.78 is 22.6. The molecule has 0 N–H and O–H groups in total. The zero-order chi connectivity index (χ0) is 9.03. The Kier molecular flexibility index (Phi) is 3.43. The highest BCUT2D eigenvalue weighted by Crippen LogP contribution is 2.23. The lowest BCUT2D eigenvalue weighted by Crippen LogP contribution is -1.93. The molecule has 0 spiro atoms. The van der Waals surface area contributed by atoms with Crippen molar-refractivity contribution in [2.24, 2.45) is 0 Å². The van der Waals surface area contributed by atoms with Crippen molar-refractivity contribution in [2.75, 3.05) is 5.21 Å². The molecule has 5 heteroatoms. The van der Waals surface area contributed by atoms with Crippen molar-refractivity contribution in [1.29, 1.82) is 0 Å². The number of halogens is 1. The van der Waals surface area contributed by atoms with Crippen molar-refractivity contribution >= 4 is 31.3 Å². The Labute approximate surface area is 80.2 Å². The molecule has 2 nitrogen and oxygen atoms in total. The molecule has 0 atom stereocenters. The molecule has 0 radical (unpaired) electrons. The third-order valence-corrected chi connectivity index (χ3v) is 5.06. The molecule has 0 unspecified atom stereocenters. The molecule has 0 aromatic heterocycles. The van der Waals surface area contributed by atoms with E-state index in [-0.39, 0.29) is 5.21 Å². The van der Waals surface area contributed by atoms with Crippen LogP contribution in [0.1, 0.15) is 0 Å². The van der Waals surface area contributed by atoms with Gasteiger partial charge >= 0.3 is 0 Å². The average molecular weight is 223 g/mol. The first-order chi connectivity index (χ1) is 5.67. The van der Waals surface area contributed by atoms with Gasteiger partial charge in [-0.2, -0.15) is 0 Å². The van der Waals surface area contributed by atoms with Crippen LogP contribution in [0, 0.1) is 0 Å². The van der Waals surface area contributed by atoms with Crippen molar-refractivity contribution in [1.82, 2.24) is 0 Å². The fourth-order valence-corrected chi connectivity index (χ4v) is 3.61. The lowest BCUT2D eigenvalue weighted by molar-refractivity contribution is 0.610. The van der Waals surface area contributed by atoms with Crippen LogP contribution < -0.4 is 0 Å². The van der Waals surface area contributed by atoms with E-state index in [4.69, 9.17) is 11.6 Å². The summed E-state index contributed by atoms with van der Waals surface area (Å²) >= 11 is 5.32. The fourth-order valence-electron chi connectivity index (χ4n) is 0.714. The quantitative estimate of drug-likeness (QED) is 0.582. The second kappa shape index (κ2) is 4.16. The van der Waals surface area contributed by atoms with Crippen LogP contribution in [0.2, 0.25) is 0 Å². The number of alkyl halides is 1. The molecule has 0 amide bonds. The highest BCUT2D eigenvalue weighted by molar-refractivity contribution is 8.72. The van der Waals surface area contributed by atoms with Crippen LogP contribution in [0.25, 0.3) is 0 Å². The lowest BCUT2D eigenvalue weighted by atomic mass is 10.4. The monoisotopic (exact) mass is 222 g/mol. The topological polar surface area (TPSA) is 34.1 Å². The summed E-state index contributed by atoms with van der Waals surface area (Å²) in [5, 5.41) is 0.0528. The van der Waals surface area contributed by atoms with Crippen LogP contribution in [0.3, 0.4) is 0 Å². The first-order valence-corrected chi connectivity index (χ1v) is 6.69. The highest BCUT2D eigenvalue weighted by atomic mass is 35.5. The normalized spacial score (nSPS) is 11.4. The number of rotatable bonds is 3. The van der Waals surface area contributed by atoms with Gasteiger partial charge in [-0.1, -0.05) is 18.2 Å². The van der Waals surface area contributed by atoms with Crippen LogP contribution in [0.5, 0.6) is 0 Å². The van der Waals surface area contributed by atoms with Gasteiger partial charge in [-0.3, -0.25) is 0 Å². The van der Waals surface area contributed by atoms with Gasteiger partial charge in [0.2, 0.25) is 8.87 Å². The Hall–Kier alpha value is -0.190. The molecule has 1 aromatic carbocycles. The van der Waals surface area contributed by atoms with Crippen LogP contribution >= 0.6 is 22.4 Å². The van der Waals surface area contributed by atoms with Crippen LogP contribution in [0.15, 0.2) is 35.2 Å². The van der Waals surface area contributed by atoms with E-state index >= 15 is 0 Å². The van der Waals surface area contributed by atoms with E-state index in [2.05, 4.69) is 0 Å². The van der Waals surface area contributed by atoms with Gasteiger partial charge in [-0.25, -0.2) is 8.42 Å². The summed E-state index contributed by atoms with van der Waals surface area (Å²) in [6.45, 7) is 0. The maximum absolute atomic E-state index is 11.3. The zero-order valence-corrected chi connectivity index (χ0v) is 8.49. The maximum atomic E-state index is 11.3. The van der Waals surface area contributed by atoms with Crippen molar-refractivity contribution in [3.05, 3.63) is 30.3 Å². The molecule has 12 heavy (non-hydrogen) atoms. The number of hydrogen-bond donors (Lipinski definition) is 0. The maximum Gasteiger partial charge on any atom is 0.231 e. The van der Waals surface area contributed by atoms with E-state index in [0.29, 0.717) is 4.90 Å². The minimum Gasteiger partial charge on any atom is -0.212 e. The minimum atomic E-state index is -3.23. The van der Waals surface area contributed by atoms with Gasteiger partial charge in [0.05, 0.1) is 10.1 Å². The second-order valence-electron chi connectivity index (χ2n) is 1.99. The van der Waals surface area contributed by atoms with Gasteiger partial charge in [0.15, 0.2) is 0 Å². The summed E-state index contributed by atoms with van der Waals surface area (Å²) in [6, 6.07) is 8.23. The molecule has 0 aliphatic heterocycles. The third kappa shape index (κ3) is 2.40. The molecular weight excluding hydrogens is 216 g/mol. The van der Waals surface area contributed by atoms with Gasteiger partial charge in [-0.05, 0) is 22.9 Å². The molecule has 0 bridgehead atoms. The van der Waals surface area contributed by atoms with E-state index < -0.39 is 8.87 Å². The zero-order valence-electron chi connectivity index (χ0n) is 6.10. The SMILES string of the molecule is O=S(=O)(SCCl)c1ccccc1. The summed E-state index contributed by atoms with van der Waals surface area (Å²) in [7, 11) is -2.50. The molecule has 0 heterocycles. The summed E-state index contributed by atoms with van der Waals surface area (Å²) in [4.78, 5) is 0.302. The van der Waals surface area contributed by atoms with Crippen molar-refractivity contribution in [3.8, 4) is 0 Å². The number of hydrogen-bond acceptors (Lipinski definition) is 3. The van der Waals surface area contributed by atoms with Gasteiger partial charge in [0.1, 0.15) is 0 Å². The summed E-state index contributed by atoms with van der Waals surface area (Å²) in [5.41, 5.74) is 0. The van der Waals surface area contributed by atoms with E-state index in [1.54, 1.807) is 30.3 Å². The van der Waals surface area contributed by atoms with E-state index in [9.17, 15) is 8.42 Å². The number of benzene rings is 1. The van der Waals surface area contributed by atoms with Gasteiger partial charge in [-0.15, -0.1) is 11.6 Å². The standard InChI is InChI=1S/C7H7ClO2S2/c8-6-11-12(9,10)7-4-2-1-3-5-7/h1-5H,6H2. The average Bonchev–Trinajstić information content (AvgIpc) is 2.06.